The molecular formula is C26H35N3O3. The Morgan fingerprint density at radius 3 is 2.66 bits per heavy atom. The van der Waals surface area contributed by atoms with Crippen molar-refractivity contribution in [1.82, 2.24) is 15.4 Å². The predicted molar refractivity (Wildman–Crippen MR) is 124 cm³/mol. The Balaban J connectivity index is 1.52. The third-order valence-corrected chi connectivity index (χ3v) is 7.11. The van der Waals surface area contributed by atoms with E-state index in [4.69, 9.17) is 4.52 Å². The summed E-state index contributed by atoms with van der Waals surface area (Å²) >= 11 is 0. The molecule has 0 spiro atoms. The standard InChI is InChI=1S/C26H35N3O3/c1-3-27-25(31)26(13-6-14-29(18-26)24(30)15-20-7-4-5-8-20)17-22-16-23(28-32-22)21-11-9-19(2)10-12-21/h9-12,16,20H,3-8,13-15,17-18H2,1-2H3,(H,27,31)/t26-/m0/s1. The van der Waals surface area contributed by atoms with E-state index in [-0.39, 0.29) is 11.8 Å². The Hall–Kier alpha value is -2.63. The topological polar surface area (TPSA) is 75.4 Å². The smallest absolute Gasteiger partial charge is 0.228 e. The van der Waals surface area contributed by atoms with Gasteiger partial charge in [0, 0.05) is 44.1 Å². The summed E-state index contributed by atoms with van der Waals surface area (Å²) in [4.78, 5) is 28.2. The van der Waals surface area contributed by atoms with Gasteiger partial charge in [-0.2, -0.15) is 0 Å². The first-order valence-electron chi connectivity index (χ1n) is 12.1. The van der Waals surface area contributed by atoms with Crippen molar-refractivity contribution in [2.24, 2.45) is 11.3 Å². The van der Waals surface area contributed by atoms with Gasteiger partial charge < -0.3 is 14.7 Å². The second-order valence-corrected chi connectivity index (χ2v) is 9.63. The first-order chi connectivity index (χ1) is 15.5. The fourth-order valence-corrected chi connectivity index (χ4v) is 5.28. The Morgan fingerprint density at radius 2 is 1.94 bits per heavy atom. The molecule has 2 amide bonds. The summed E-state index contributed by atoms with van der Waals surface area (Å²) in [6, 6.07) is 10.1. The van der Waals surface area contributed by atoms with E-state index in [1.165, 1.54) is 18.4 Å². The molecule has 2 aromatic rings. The van der Waals surface area contributed by atoms with Crippen molar-refractivity contribution in [2.75, 3.05) is 19.6 Å². The van der Waals surface area contributed by atoms with Crippen molar-refractivity contribution in [2.45, 2.75) is 65.2 Å². The zero-order valence-electron chi connectivity index (χ0n) is 19.4. The lowest BCUT2D eigenvalue weighted by Crippen LogP contribution is -2.54. The minimum Gasteiger partial charge on any atom is -0.361 e. The van der Waals surface area contributed by atoms with E-state index in [2.05, 4.69) is 29.5 Å². The Kier molecular flexibility index (Phi) is 6.97. The molecular weight excluding hydrogens is 402 g/mol. The van der Waals surface area contributed by atoms with Crippen molar-refractivity contribution >= 4 is 11.8 Å². The second kappa shape index (κ2) is 9.88. The molecule has 172 valence electrons. The summed E-state index contributed by atoms with van der Waals surface area (Å²) in [5.74, 6) is 1.40. The Labute approximate surface area is 190 Å². The van der Waals surface area contributed by atoms with Gasteiger partial charge in [-0.05, 0) is 45.4 Å². The number of carbonyl (C=O) groups excluding carboxylic acids is 2. The lowest BCUT2D eigenvalue weighted by molar-refractivity contribution is -0.142. The molecule has 0 unspecified atom stereocenters. The maximum absolute atomic E-state index is 13.2. The van der Waals surface area contributed by atoms with Gasteiger partial charge in [-0.25, -0.2) is 0 Å². The molecule has 1 aliphatic carbocycles. The minimum atomic E-state index is -0.677. The van der Waals surface area contributed by atoms with Crippen LogP contribution in [0.4, 0.5) is 0 Å². The summed E-state index contributed by atoms with van der Waals surface area (Å²) < 4.78 is 5.68. The molecule has 2 aliphatic rings. The van der Waals surface area contributed by atoms with E-state index in [0.717, 1.165) is 43.5 Å². The molecule has 6 nitrogen and oxygen atoms in total. The number of nitrogens with zero attached hydrogens (tertiary/aromatic N) is 2. The number of aromatic nitrogens is 1. The summed E-state index contributed by atoms with van der Waals surface area (Å²) in [6.45, 7) is 5.74. The van der Waals surface area contributed by atoms with Crippen molar-refractivity contribution in [3.8, 4) is 11.3 Å². The highest BCUT2D eigenvalue weighted by Gasteiger charge is 2.44. The van der Waals surface area contributed by atoms with E-state index in [1.54, 1.807) is 0 Å². The largest absolute Gasteiger partial charge is 0.361 e. The molecule has 1 aliphatic heterocycles. The second-order valence-electron chi connectivity index (χ2n) is 9.63. The lowest BCUT2D eigenvalue weighted by atomic mass is 9.75. The first-order valence-corrected chi connectivity index (χ1v) is 12.1. The third-order valence-electron chi connectivity index (χ3n) is 7.11. The van der Waals surface area contributed by atoms with Crippen LogP contribution in [0.15, 0.2) is 34.9 Å². The maximum Gasteiger partial charge on any atom is 0.228 e. The van der Waals surface area contributed by atoms with Crippen molar-refractivity contribution in [3.63, 3.8) is 0 Å². The van der Waals surface area contributed by atoms with Crippen LogP contribution in [0.1, 0.15) is 63.2 Å². The number of likely N-dealkylation sites (tertiary alicyclic amines) is 1. The van der Waals surface area contributed by atoms with Crippen LogP contribution < -0.4 is 5.32 Å². The van der Waals surface area contributed by atoms with Gasteiger partial charge in [0.1, 0.15) is 11.5 Å². The van der Waals surface area contributed by atoms with Crippen molar-refractivity contribution < 1.29 is 14.1 Å². The van der Waals surface area contributed by atoms with Crippen molar-refractivity contribution in [3.05, 3.63) is 41.7 Å². The summed E-state index contributed by atoms with van der Waals surface area (Å²) in [6.07, 6.45) is 7.41. The van der Waals surface area contributed by atoms with Crippen LogP contribution in [-0.4, -0.2) is 41.5 Å². The van der Waals surface area contributed by atoms with Crippen LogP contribution in [-0.2, 0) is 16.0 Å². The first kappa shape index (κ1) is 22.6. The van der Waals surface area contributed by atoms with E-state index in [0.29, 0.717) is 37.6 Å². The SMILES string of the molecule is CCNC(=O)[C@]1(Cc2cc(-c3ccc(C)cc3)no2)CCCN(C(=O)CC2CCCC2)C1. The number of rotatable bonds is 7. The third kappa shape index (κ3) is 5.05. The van der Waals surface area contributed by atoms with Crippen LogP contribution in [0.2, 0.25) is 0 Å². The zero-order chi connectivity index (χ0) is 22.6. The van der Waals surface area contributed by atoms with Gasteiger partial charge in [0.15, 0.2) is 0 Å². The molecule has 1 N–H and O–H groups in total. The molecule has 2 heterocycles. The molecule has 32 heavy (non-hydrogen) atoms. The number of hydrogen-bond donors (Lipinski definition) is 1. The molecule has 4 rings (SSSR count). The van der Waals surface area contributed by atoms with Gasteiger partial charge in [0.05, 0.1) is 5.41 Å². The summed E-state index contributed by atoms with van der Waals surface area (Å²) in [7, 11) is 0. The van der Waals surface area contributed by atoms with Crippen LogP contribution in [0.3, 0.4) is 0 Å². The highest BCUT2D eigenvalue weighted by atomic mass is 16.5. The van der Waals surface area contributed by atoms with Crippen LogP contribution >= 0.6 is 0 Å². The fraction of sp³-hybridized carbons (Fsp3) is 0.577. The number of aryl methyl sites for hydroxylation is 1. The normalized spacial score (nSPS) is 21.6. The highest BCUT2D eigenvalue weighted by molar-refractivity contribution is 5.85. The predicted octanol–water partition coefficient (Wildman–Crippen LogP) is 4.52. The number of carbonyl (C=O) groups is 2. The van der Waals surface area contributed by atoms with Gasteiger partial charge in [0.2, 0.25) is 11.8 Å². The van der Waals surface area contributed by atoms with Crippen LogP contribution in [0.25, 0.3) is 11.3 Å². The molecule has 0 bridgehead atoms. The lowest BCUT2D eigenvalue weighted by Gasteiger charge is -2.41. The van der Waals surface area contributed by atoms with Gasteiger partial charge in [-0.3, -0.25) is 9.59 Å². The maximum atomic E-state index is 13.2. The van der Waals surface area contributed by atoms with Gasteiger partial charge in [-0.15, -0.1) is 0 Å². The molecule has 1 aromatic carbocycles. The van der Waals surface area contributed by atoms with Gasteiger partial charge in [0.25, 0.3) is 0 Å². The Morgan fingerprint density at radius 1 is 1.19 bits per heavy atom. The molecule has 1 saturated carbocycles. The quantitative estimate of drug-likeness (QED) is 0.691. The number of piperidine rings is 1. The number of benzene rings is 1. The summed E-state index contributed by atoms with van der Waals surface area (Å²) in [5.41, 5.74) is 2.28. The van der Waals surface area contributed by atoms with E-state index in [9.17, 15) is 9.59 Å². The molecule has 2 fully saturated rings. The fourth-order valence-electron chi connectivity index (χ4n) is 5.28. The van der Waals surface area contributed by atoms with Crippen LogP contribution in [0.5, 0.6) is 0 Å². The van der Waals surface area contributed by atoms with Gasteiger partial charge >= 0.3 is 0 Å². The van der Waals surface area contributed by atoms with E-state index < -0.39 is 5.41 Å². The molecule has 6 heteroatoms. The average Bonchev–Trinajstić information content (AvgIpc) is 3.47. The van der Waals surface area contributed by atoms with E-state index >= 15 is 0 Å². The molecule has 1 saturated heterocycles. The van der Waals surface area contributed by atoms with Gasteiger partial charge in [-0.1, -0.05) is 47.8 Å². The number of amides is 2. The molecule has 0 radical (unpaired) electrons. The Bertz CT molecular complexity index is 930. The number of nitrogens with one attached hydrogen (secondary N) is 1. The van der Waals surface area contributed by atoms with Crippen molar-refractivity contribution in [1.29, 1.82) is 0 Å². The van der Waals surface area contributed by atoms with Crippen LogP contribution in [0, 0.1) is 18.3 Å². The molecule has 1 aromatic heterocycles. The highest BCUT2D eigenvalue weighted by Crippen LogP contribution is 2.36. The average molecular weight is 438 g/mol. The monoisotopic (exact) mass is 437 g/mol. The minimum absolute atomic E-state index is 0.00616. The number of hydrogen-bond acceptors (Lipinski definition) is 4. The molecule has 1 atom stereocenters. The zero-order valence-corrected chi connectivity index (χ0v) is 19.4. The summed E-state index contributed by atoms with van der Waals surface area (Å²) in [5, 5.41) is 7.27. The van der Waals surface area contributed by atoms with E-state index in [1.807, 2.05) is 30.0 Å².